The van der Waals surface area contributed by atoms with Crippen LogP contribution < -0.4 is 26.2 Å². The molecule has 32 heavy (non-hydrogen) atoms. The molecule has 3 aromatic carbocycles. The van der Waals surface area contributed by atoms with Crippen LogP contribution in [0.3, 0.4) is 0 Å². The number of hydrogen-bond donors (Lipinski definition) is 2. The summed E-state index contributed by atoms with van der Waals surface area (Å²) in [6, 6.07) is 21.7. The zero-order valence-electron chi connectivity index (χ0n) is 17.0. The molecular formula is C25H20FN3O3. The SMILES string of the molecule is C=c1[nH]n(-c2ccccc2)c(=O)/c1=C\c1ccc(OCC(=O)Nc2ccc(F)cc2)cc1. The number of benzene rings is 3. The number of ether oxygens (including phenoxy) is 1. The number of halogens is 1. The number of carbonyl (C=O) groups excluding carboxylic acids is 1. The minimum atomic E-state index is -0.374. The first-order valence-corrected chi connectivity index (χ1v) is 9.85. The highest BCUT2D eigenvalue weighted by Crippen LogP contribution is 2.13. The number of nitrogens with one attached hydrogen (secondary N) is 2. The number of aromatic amines is 1. The molecule has 0 atom stereocenters. The summed E-state index contributed by atoms with van der Waals surface area (Å²) < 4.78 is 19.9. The summed E-state index contributed by atoms with van der Waals surface area (Å²) in [6.07, 6.45) is 1.74. The van der Waals surface area contributed by atoms with Gasteiger partial charge in [0.05, 0.1) is 16.3 Å². The second-order valence-electron chi connectivity index (χ2n) is 7.04. The van der Waals surface area contributed by atoms with Crippen molar-refractivity contribution in [3.8, 4) is 11.4 Å². The Labute approximate surface area is 182 Å². The number of anilines is 1. The summed E-state index contributed by atoms with van der Waals surface area (Å²) in [4.78, 5) is 24.8. The Kier molecular flexibility index (Phi) is 5.98. The average Bonchev–Trinajstić information content (AvgIpc) is 3.09. The number of hydrogen-bond acceptors (Lipinski definition) is 3. The quantitative estimate of drug-likeness (QED) is 0.495. The maximum atomic E-state index is 12.9. The minimum absolute atomic E-state index is 0.191. The summed E-state index contributed by atoms with van der Waals surface area (Å²) in [5.41, 5.74) is 1.81. The fourth-order valence-electron chi connectivity index (χ4n) is 3.11. The Morgan fingerprint density at radius 2 is 1.72 bits per heavy atom. The highest BCUT2D eigenvalue weighted by molar-refractivity contribution is 5.91. The Bertz CT molecular complexity index is 1390. The molecule has 0 bridgehead atoms. The van der Waals surface area contributed by atoms with Crippen LogP contribution in [0.15, 0.2) is 83.7 Å². The van der Waals surface area contributed by atoms with Crippen molar-refractivity contribution in [2.24, 2.45) is 0 Å². The van der Waals surface area contributed by atoms with Gasteiger partial charge in [-0.25, -0.2) is 9.07 Å². The van der Waals surface area contributed by atoms with E-state index in [-0.39, 0.29) is 23.9 Å². The second kappa shape index (κ2) is 9.18. The van der Waals surface area contributed by atoms with Gasteiger partial charge in [-0.3, -0.25) is 14.7 Å². The lowest BCUT2D eigenvalue weighted by atomic mass is 10.2. The lowest BCUT2D eigenvalue weighted by molar-refractivity contribution is -0.118. The monoisotopic (exact) mass is 429 g/mol. The van der Waals surface area contributed by atoms with Crippen molar-refractivity contribution < 1.29 is 13.9 Å². The molecule has 0 radical (unpaired) electrons. The molecule has 0 aliphatic rings. The number of amides is 1. The predicted molar refractivity (Wildman–Crippen MR) is 122 cm³/mol. The Morgan fingerprint density at radius 1 is 1.03 bits per heavy atom. The van der Waals surface area contributed by atoms with Crippen LogP contribution in [0, 0.1) is 5.82 Å². The van der Waals surface area contributed by atoms with E-state index in [0.29, 0.717) is 22.0 Å². The fourth-order valence-corrected chi connectivity index (χ4v) is 3.11. The molecule has 1 amide bonds. The van der Waals surface area contributed by atoms with Crippen LogP contribution in [-0.2, 0) is 4.79 Å². The van der Waals surface area contributed by atoms with Crippen molar-refractivity contribution in [2.75, 3.05) is 11.9 Å². The molecule has 1 aromatic heterocycles. The van der Waals surface area contributed by atoms with Crippen LogP contribution >= 0.6 is 0 Å². The van der Waals surface area contributed by atoms with Crippen molar-refractivity contribution in [3.63, 3.8) is 0 Å². The molecule has 2 N–H and O–H groups in total. The van der Waals surface area contributed by atoms with Crippen molar-refractivity contribution in [2.45, 2.75) is 0 Å². The summed E-state index contributed by atoms with van der Waals surface area (Å²) in [6.45, 7) is 3.74. The van der Waals surface area contributed by atoms with E-state index in [2.05, 4.69) is 17.0 Å². The van der Waals surface area contributed by atoms with E-state index in [1.54, 1.807) is 30.3 Å². The third kappa shape index (κ3) is 4.84. The van der Waals surface area contributed by atoms with Crippen molar-refractivity contribution in [3.05, 3.63) is 111 Å². The molecule has 1 heterocycles. The topological polar surface area (TPSA) is 76.1 Å². The fraction of sp³-hybridized carbons (Fsp3) is 0.0400. The van der Waals surface area contributed by atoms with Crippen LogP contribution in [0.25, 0.3) is 18.3 Å². The molecule has 0 unspecified atom stereocenters. The molecule has 4 rings (SSSR count). The number of aromatic nitrogens is 2. The number of nitrogens with zero attached hydrogens (tertiary/aromatic N) is 1. The molecule has 6 nitrogen and oxygen atoms in total. The molecule has 7 heteroatoms. The molecule has 0 aliphatic heterocycles. The van der Waals surface area contributed by atoms with Crippen molar-refractivity contribution in [1.82, 2.24) is 9.78 Å². The number of rotatable bonds is 6. The molecule has 0 saturated heterocycles. The molecular weight excluding hydrogens is 409 g/mol. The van der Waals surface area contributed by atoms with E-state index in [0.717, 1.165) is 11.3 Å². The van der Waals surface area contributed by atoms with Crippen molar-refractivity contribution in [1.29, 1.82) is 0 Å². The van der Waals surface area contributed by atoms with E-state index in [4.69, 9.17) is 4.74 Å². The maximum absolute atomic E-state index is 12.9. The first kappa shape index (κ1) is 20.9. The standard InChI is InChI=1S/C25H20FN3O3/c1-17-23(25(31)29(28-17)21-5-3-2-4-6-21)15-18-7-13-22(14-8-18)32-16-24(30)27-20-11-9-19(26)10-12-20/h2-15,28H,1,16H2,(H,27,30)/b23-15-. The van der Waals surface area contributed by atoms with Gasteiger partial charge < -0.3 is 10.1 Å². The predicted octanol–water partition coefficient (Wildman–Crippen LogP) is 2.56. The van der Waals surface area contributed by atoms with Gasteiger partial charge in [0, 0.05) is 5.69 Å². The van der Waals surface area contributed by atoms with Gasteiger partial charge in [-0.05, 0) is 60.2 Å². The van der Waals surface area contributed by atoms with Crippen LogP contribution in [0.1, 0.15) is 5.56 Å². The Morgan fingerprint density at radius 3 is 2.41 bits per heavy atom. The zero-order valence-corrected chi connectivity index (χ0v) is 17.0. The van der Waals surface area contributed by atoms with Crippen LogP contribution in [-0.4, -0.2) is 22.3 Å². The average molecular weight is 429 g/mol. The van der Waals surface area contributed by atoms with E-state index in [9.17, 15) is 14.0 Å². The molecule has 4 aromatic rings. The summed E-state index contributed by atoms with van der Waals surface area (Å²) >= 11 is 0. The molecule has 0 fully saturated rings. The molecule has 0 aliphatic carbocycles. The number of H-pyrrole nitrogens is 1. The Hall–Kier alpha value is -4.39. The van der Waals surface area contributed by atoms with Crippen LogP contribution in [0.4, 0.5) is 10.1 Å². The van der Waals surface area contributed by atoms with Gasteiger partial charge in [0.25, 0.3) is 11.5 Å². The molecule has 0 spiro atoms. The second-order valence-corrected chi connectivity index (χ2v) is 7.04. The Balaban J connectivity index is 1.44. The molecule has 0 saturated carbocycles. The zero-order chi connectivity index (χ0) is 22.5. The van der Waals surface area contributed by atoms with E-state index in [1.165, 1.54) is 28.9 Å². The van der Waals surface area contributed by atoms with Gasteiger partial charge in [0.15, 0.2) is 6.61 Å². The molecule has 160 valence electrons. The van der Waals surface area contributed by atoms with Crippen molar-refractivity contribution >= 4 is 24.2 Å². The lowest BCUT2D eigenvalue weighted by Crippen LogP contribution is -2.33. The smallest absolute Gasteiger partial charge is 0.279 e. The summed E-state index contributed by atoms with van der Waals surface area (Å²) in [7, 11) is 0. The van der Waals surface area contributed by atoms with Gasteiger partial charge in [0.2, 0.25) is 0 Å². The third-order valence-electron chi connectivity index (χ3n) is 4.71. The number of para-hydroxylation sites is 1. The van der Waals surface area contributed by atoms with E-state index in [1.807, 2.05) is 30.3 Å². The summed E-state index contributed by atoms with van der Waals surface area (Å²) in [5.74, 6) is -0.231. The van der Waals surface area contributed by atoms with Gasteiger partial charge in [-0.2, -0.15) is 0 Å². The van der Waals surface area contributed by atoms with Crippen LogP contribution in [0.2, 0.25) is 0 Å². The first-order chi connectivity index (χ1) is 15.5. The van der Waals surface area contributed by atoms with Gasteiger partial charge >= 0.3 is 0 Å². The van der Waals surface area contributed by atoms with E-state index >= 15 is 0 Å². The third-order valence-corrected chi connectivity index (χ3v) is 4.71. The largest absolute Gasteiger partial charge is 0.484 e. The van der Waals surface area contributed by atoms with E-state index < -0.39 is 0 Å². The first-order valence-electron chi connectivity index (χ1n) is 9.85. The summed E-state index contributed by atoms with van der Waals surface area (Å²) in [5, 5.41) is 6.59. The normalized spacial score (nSPS) is 11.3. The minimum Gasteiger partial charge on any atom is -0.484 e. The van der Waals surface area contributed by atoms with Gasteiger partial charge in [0.1, 0.15) is 11.6 Å². The number of carbonyl (C=O) groups is 1. The highest BCUT2D eigenvalue weighted by Gasteiger charge is 2.06. The maximum Gasteiger partial charge on any atom is 0.279 e. The van der Waals surface area contributed by atoms with Crippen LogP contribution in [0.5, 0.6) is 5.75 Å². The van der Waals surface area contributed by atoms with Gasteiger partial charge in [-0.1, -0.05) is 36.9 Å². The highest BCUT2D eigenvalue weighted by atomic mass is 19.1. The lowest BCUT2D eigenvalue weighted by Gasteiger charge is -2.07. The van der Waals surface area contributed by atoms with Gasteiger partial charge in [-0.15, -0.1) is 0 Å².